The number of benzene rings is 3. The number of nitrogens with one attached hydrogen (secondary N) is 1. The first-order valence-corrected chi connectivity index (χ1v) is 9.54. The van der Waals surface area contributed by atoms with Crippen LogP contribution in [-0.4, -0.2) is 36.5 Å². The lowest BCUT2D eigenvalue weighted by Gasteiger charge is -2.19. The van der Waals surface area contributed by atoms with Crippen LogP contribution in [-0.2, 0) is 4.79 Å². The van der Waals surface area contributed by atoms with E-state index in [1.165, 1.54) is 15.9 Å². The molecule has 6 nitrogen and oxygen atoms in total. The number of nitrogens with zero attached hydrogens (tertiary/aromatic N) is 2. The number of amides is 3. The van der Waals surface area contributed by atoms with E-state index in [2.05, 4.69) is 5.32 Å². The number of rotatable bonds is 6. The van der Waals surface area contributed by atoms with Crippen molar-refractivity contribution in [2.45, 2.75) is 0 Å². The van der Waals surface area contributed by atoms with E-state index in [4.69, 9.17) is 4.74 Å². The van der Waals surface area contributed by atoms with Crippen LogP contribution in [0.4, 0.5) is 20.6 Å². The molecule has 0 unspecified atom stereocenters. The van der Waals surface area contributed by atoms with Gasteiger partial charge in [-0.2, -0.15) is 0 Å². The fourth-order valence-electron chi connectivity index (χ4n) is 3.26. The second-order valence-electron chi connectivity index (χ2n) is 6.77. The lowest BCUT2D eigenvalue weighted by molar-refractivity contribution is -0.116. The molecule has 0 saturated carbocycles. The fourth-order valence-corrected chi connectivity index (χ4v) is 3.26. The van der Waals surface area contributed by atoms with Crippen molar-refractivity contribution in [3.8, 4) is 11.5 Å². The van der Waals surface area contributed by atoms with Gasteiger partial charge in [-0.1, -0.05) is 42.5 Å². The molecular weight excluding hydrogens is 385 g/mol. The third-order valence-electron chi connectivity index (χ3n) is 4.70. The predicted octanol–water partition coefficient (Wildman–Crippen LogP) is 4.50. The van der Waals surface area contributed by atoms with Gasteiger partial charge in [-0.05, 0) is 36.4 Å². The summed E-state index contributed by atoms with van der Waals surface area (Å²) in [7, 11) is 0. The van der Waals surface area contributed by atoms with Gasteiger partial charge in [0.1, 0.15) is 18.1 Å². The smallest absolute Gasteiger partial charge is 0.325 e. The average molecular weight is 405 g/mol. The Bertz CT molecular complexity index is 1060. The third-order valence-corrected chi connectivity index (χ3v) is 4.70. The van der Waals surface area contributed by atoms with Crippen LogP contribution >= 0.6 is 0 Å². The molecule has 0 radical (unpaired) electrons. The number of halogens is 1. The van der Waals surface area contributed by atoms with Gasteiger partial charge in [0.05, 0.1) is 11.4 Å². The van der Waals surface area contributed by atoms with E-state index in [1.54, 1.807) is 36.4 Å². The first kappa shape index (κ1) is 19.4. The van der Waals surface area contributed by atoms with Crippen LogP contribution in [0, 0.1) is 5.82 Å². The summed E-state index contributed by atoms with van der Waals surface area (Å²) < 4.78 is 19.9. The second kappa shape index (κ2) is 8.65. The molecule has 0 atom stereocenters. The first-order valence-electron chi connectivity index (χ1n) is 9.54. The van der Waals surface area contributed by atoms with Crippen molar-refractivity contribution in [1.82, 2.24) is 4.90 Å². The summed E-state index contributed by atoms with van der Waals surface area (Å²) >= 11 is 0. The topological polar surface area (TPSA) is 61.9 Å². The maximum Gasteiger partial charge on any atom is 0.325 e. The highest BCUT2D eigenvalue weighted by Crippen LogP contribution is 2.29. The van der Waals surface area contributed by atoms with Gasteiger partial charge in [0, 0.05) is 13.1 Å². The molecule has 1 fully saturated rings. The van der Waals surface area contributed by atoms with Gasteiger partial charge in [0.2, 0.25) is 5.91 Å². The molecule has 0 bridgehead atoms. The minimum Gasteiger partial charge on any atom is -0.455 e. The molecule has 1 N–H and O–H groups in total. The van der Waals surface area contributed by atoms with Crippen LogP contribution in [0.1, 0.15) is 0 Å². The molecule has 0 spiro atoms. The van der Waals surface area contributed by atoms with Crippen LogP contribution in [0.5, 0.6) is 11.5 Å². The standard InChI is InChI=1S/C23H20FN3O3/c24-18-10-4-6-12-20(18)27-15-14-26(23(27)29)16-22(28)25-19-11-5-7-13-21(19)30-17-8-2-1-3-9-17/h1-13H,14-16H2,(H,25,28). The molecule has 1 aliphatic heterocycles. The summed E-state index contributed by atoms with van der Waals surface area (Å²) in [5.41, 5.74) is 0.718. The molecule has 3 amide bonds. The quantitative estimate of drug-likeness (QED) is 0.657. The van der Waals surface area contributed by atoms with Gasteiger partial charge in [0.25, 0.3) is 0 Å². The minimum atomic E-state index is -0.468. The molecule has 1 heterocycles. The summed E-state index contributed by atoms with van der Waals surface area (Å²) in [6, 6.07) is 22.0. The van der Waals surface area contributed by atoms with Crippen molar-refractivity contribution in [1.29, 1.82) is 0 Å². The van der Waals surface area contributed by atoms with Crippen molar-refractivity contribution in [2.24, 2.45) is 0 Å². The summed E-state index contributed by atoms with van der Waals surface area (Å²) in [5.74, 6) is 0.319. The molecule has 3 aromatic rings. The normalized spacial score (nSPS) is 13.4. The zero-order valence-electron chi connectivity index (χ0n) is 16.1. The van der Waals surface area contributed by atoms with Crippen LogP contribution in [0.2, 0.25) is 0 Å². The predicted molar refractivity (Wildman–Crippen MR) is 112 cm³/mol. The van der Waals surface area contributed by atoms with E-state index in [1.807, 2.05) is 36.4 Å². The van der Waals surface area contributed by atoms with E-state index in [0.717, 1.165) is 0 Å². The number of carbonyl (C=O) groups excluding carboxylic acids is 2. The Kier molecular flexibility index (Phi) is 5.61. The first-order chi connectivity index (χ1) is 14.6. The SMILES string of the molecule is O=C(CN1CCN(c2ccccc2F)C1=O)Nc1ccccc1Oc1ccccc1. The highest BCUT2D eigenvalue weighted by atomic mass is 19.1. The Balaban J connectivity index is 1.41. The third kappa shape index (κ3) is 4.25. The number of urea groups is 1. The van der Waals surface area contributed by atoms with Crippen LogP contribution < -0.4 is 15.0 Å². The number of ether oxygens (including phenoxy) is 1. The summed E-state index contributed by atoms with van der Waals surface area (Å²) in [5, 5.41) is 2.79. The van der Waals surface area contributed by atoms with Crippen molar-refractivity contribution in [2.75, 3.05) is 29.9 Å². The number of carbonyl (C=O) groups is 2. The Morgan fingerprint density at radius 3 is 2.43 bits per heavy atom. The van der Waals surface area contributed by atoms with Gasteiger partial charge in [-0.3, -0.25) is 9.69 Å². The molecule has 30 heavy (non-hydrogen) atoms. The molecule has 4 rings (SSSR count). The van der Waals surface area contributed by atoms with Gasteiger partial charge in [-0.15, -0.1) is 0 Å². The maximum absolute atomic E-state index is 14.0. The van der Waals surface area contributed by atoms with E-state index < -0.39 is 11.8 Å². The molecule has 1 aliphatic rings. The number of anilines is 2. The molecule has 1 saturated heterocycles. The number of hydrogen-bond acceptors (Lipinski definition) is 3. The Labute approximate surface area is 173 Å². The van der Waals surface area contributed by atoms with Crippen molar-refractivity contribution in [3.05, 3.63) is 84.7 Å². The van der Waals surface area contributed by atoms with E-state index >= 15 is 0 Å². The van der Waals surface area contributed by atoms with E-state index in [0.29, 0.717) is 30.3 Å². The molecule has 0 aliphatic carbocycles. The highest BCUT2D eigenvalue weighted by molar-refractivity contribution is 5.99. The Morgan fingerprint density at radius 1 is 0.933 bits per heavy atom. The number of hydrogen-bond donors (Lipinski definition) is 1. The van der Waals surface area contributed by atoms with Crippen LogP contribution in [0.3, 0.4) is 0 Å². The zero-order chi connectivity index (χ0) is 20.9. The lowest BCUT2D eigenvalue weighted by Crippen LogP contribution is -2.37. The minimum absolute atomic E-state index is 0.135. The van der Waals surface area contributed by atoms with E-state index in [9.17, 15) is 14.0 Å². The molecule has 0 aromatic heterocycles. The summed E-state index contributed by atoms with van der Waals surface area (Å²) in [4.78, 5) is 27.9. The second-order valence-corrected chi connectivity index (χ2v) is 6.77. The van der Waals surface area contributed by atoms with Crippen molar-refractivity contribution in [3.63, 3.8) is 0 Å². The molecule has 3 aromatic carbocycles. The number of para-hydroxylation sites is 4. The Morgan fingerprint density at radius 2 is 1.63 bits per heavy atom. The van der Waals surface area contributed by atoms with E-state index in [-0.39, 0.29) is 18.1 Å². The van der Waals surface area contributed by atoms with Gasteiger partial charge in [0.15, 0.2) is 5.75 Å². The Hall–Kier alpha value is -3.87. The summed E-state index contributed by atoms with van der Waals surface area (Å²) in [6.45, 7) is 0.521. The molecule has 152 valence electrons. The van der Waals surface area contributed by atoms with Crippen molar-refractivity contribution >= 4 is 23.3 Å². The van der Waals surface area contributed by atoms with Crippen LogP contribution in [0.15, 0.2) is 78.9 Å². The highest BCUT2D eigenvalue weighted by Gasteiger charge is 2.32. The molecular formula is C23H20FN3O3. The monoisotopic (exact) mass is 405 g/mol. The maximum atomic E-state index is 14.0. The lowest BCUT2D eigenvalue weighted by atomic mass is 10.2. The van der Waals surface area contributed by atoms with Crippen molar-refractivity contribution < 1.29 is 18.7 Å². The molecule has 7 heteroatoms. The van der Waals surface area contributed by atoms with Gasteiger partial charge < -0.3 is 15.0 Å². The van der Waals surface area contributed by atoms with Gasteiger partial charge in [-0.25, -0.2) is 9.18 Å². The fraction of sp³-hybridized carbons (Fsp3) is 0.130. The van der Waals surface area contributed by atoms with Gasteiger partial charge >= 0.3 is 6.03 Å². The summed E-state index contributed by atoms with van der Waals surface area (Å²) in [6.07, 6.45) is 0. The zero-order valence-corrected chi connectivity index (χ0v) is 16.1. The average Bonchev–Trinajstić information content (AvgIpc) is 3.10. The largest absolute Gasteiger partial charge is 0.455 e. The van der Waals surface area contributed by atoms with Crippen LogP contribution in [0.25, 0.3) is 0 Å².